The van der Waals surface area contributed by atoms with Gasteiger partial charge in [-0.25, -0.2) is 9.78 Å². The number of fused-ring (bicyclic) bond motifs is 1. The molecule has 33 heavy (non-hydrogen) atoms. The van der Waals surface area contributed by atoms with Gasteiger partial charge in [0.1, 0.15) is 0 Å². The zero-order valence-electron chi connectivity index (χ0n) is 18.8. The number of benzene rings is 2. The third-order valence-corrected chi connectivity index (χ3v) is 6.78. The van der Waals surface area contributed by atoms with Crippen molar-refractivity contribution in [2.24, 2.45) is 13.0 Å². The zero-order chi connectivity index (χ0) is 22.8. The number of aryl methyl sites for hydroxylation is 1. The summed E-state index contributed by atoms with van der Waals surface area (Å²) in [6, 6.07) is 23.8. The Bertz CT molecular complexity index is 1260. The highest BCUT2D eigenvalue weighted by Gasteiger charge is 2.31. The van der Waals surface area contributed by atoms with Crippen molar-refractivity contribution in [2.45, 2.75) is 25.3 Å². The number of rotatable bonds is 5. The summed E-state index contributed by atoms with van der Waals surface area (Å²) in [6.45, 7) is 2.04. The van der Waals surface area contributed by atoms with Gasteiger partial charge in [0.15, 0.2) is 5.65 Å². The van der Waals surface area contributed by atoms with Crippen LogP contribution in [0.2, 0.25) is 0 Å². The first-order chi connectivity index (χ1) is 16.1. The summed E-state index contributed by atoms with van der Waals surface area (Å²) in [6.07, 6.45) is 3.47. The molecule has 2 aromatic heterocycles. The minimum Gasteiger partial charge on any atom is -0.342 e. The fraction of sp³-hybridized carbons (Fsp3) is 0.296. The Kier molecular flexibility index (Phi) is 5.82. The van der Waals surface area contributed by atoms with E-state index in [0.717, 1.165) is 35.1 Å². The van der Waals surface area contributed by atoms with Gasteiger partial charge in [-0.3, -0.25) is 13.9 Å². The lowest BCUT2D eigenvalue weighted by Gasteiger charge is -2.34. The number of piperidine rings is 1. The van der Waals surface area contributed by atoms with E-state index in [4.69, 9.17) is 0 Å². The second kappa shape index (κ2) is 9.06. The molecular formula is C27H28N4O2. The summed E-state index contributed by atoms with van der Waals surface area (Å²) >= 11 is 0. The van der Waals surface area contributed by atoms with Gasteiger partial charge < -0.3 is 4.90 Å². The van der Waals surface area contributed by atoms with Crippen molar-refractivity contribution in [3.63, 3.8) is 0 Å². The Morgan fingerprint density at radius 3 is 2.15 bits per heavy atom. The van der Waals surface area contributed by atoms with Crippen LogP contribution < -0.4 is 5.69 Å². The monoisotopic (exact) mass is 440 g/mol. The van der Waals surface area contributed by atoms with Crippen LogP contribution in [0.15, 0.2) is 83.8 Å². The molecule has 0 atom stereocenters. The average molecular weight is 441 g/mol. The van der Waals surface area contributed by atoms with E-state index in [9.17, 15) is 9.59 Å². The number of imidazole rings is 1. The molecule has 0 radical (unpaired) electrons. The van der Waals surface area contributed by atoms with E-state index >= 15 is 0 Å². The number of hydrogen-bond donors (Lipinski definition) is 0. The number of nitrogens with zero attached hydrogens (tertiary/aromatic N) is 4. The molecule has 3 heterocycles. The normalized spacial score (nSPS) is 14.8. The number of amides is 1. The Morgan fingerprint density at radius 1 is 0.939 bits per heavy atom. The Morgan fingerprint density at radius 2 is 1.55 bits per heavy atom. The molecule has 1 aliphatic rings. The summed E-state index contributed by atoms with van der Waals surface area (Å²) < 4.78 is 3.44. The molecule has 0 N–H and O–H groups in total. The summed E-state index contributed by atoms with van der Waals surface area (Å²) in [5, 5.41) is 0. The molecule has 0 spiro atoms. The largest absolute Gasteiger partial charge is 0.342 e. The van der Waals surface area contributed by atoms with Crippen LogP contribution in [-0.4, -0.2) is 38.0 Å². The second-order valence-electron chi connectivity index (χ2n) is 8.82. The highest BCUT2D eigenvalue weighted by molar-refractivity contribution is 5.87. The molecule has 168 valence electrons. The molecule has 2 aromatic carbocycles. The standard InChI is InChI=1S/C27H28N4O2/c1-29-23-13-8-16-28-25(23)31(27(29)33)19-20-14-17-30(18-15-20)26(32)24(21-9-4-2-5-10-21)22-11-6-3-7-12-22/h2-13,16,20,24H,14-15,17-19H2,1H3. The maximum atomic E-state index is 13.7. The predicted molar refractivity (Wildman–Crippen MR) is 129 cm³/mol. The van der Waals surface area contributed by atoms with E-state index in [-0.39, 0.29) is 17.5 Å². The van der Waals surface area contributed by atoms with Crippen LogP contribution in [0, 0.1) is 5.92 Å². The average Bonchev–Trinajstić information content (AvgIpc) is 3.11. The van der Waals surface area contributed by atoms with E-state index in [1.54, 1.807) is 22.4 Å². The van der Waals surface area contributed by atoms with E-state index in [0.29, 0.717) is 25.6 Å². The molecular weight excluding hydrogens is 412 g/mol. The molecule has 1 amide bonds. The first kappa shape index (κ1) is 21.2. The number of carbonyl (C=O) groups is 1. The van der Waals surface area contributed by atoms with Crippen molar-refractivity contribution in [1.82, 2.24) is 19.0 Å². The summed E-state index contributed by atoms with van der Waals surface area (Å²) in [5.74, 6) is 0.190. The van der Waals surface area contributed by atoms with Gasteiger partial charge in [0.2, 0.25) is 5.91 Å². The van der Waals surface area contributed by atoms with Gasteiger partial charge in [0.25, 0.3) is 0 Å². The van der Waals surface area contributed by atoms with E-state index in [1.807, 2.05) is 77.7 Å². The third-order valence-electron chi connectivity index (χ3n) is 6.78. The zero-order valence-corrected chi connectivity index (χ0v) is 18.8. The number of aromatic nitrogens is 3. The minimum absolute atomic E-state index is 0.0320. The number of likely N-dealkylation sites (tertiary alicyclic amines) is 1. The van der Waals surface area contributed by atoms with Crippen LogP contribution in [0.3, 0.4) is 0 Å². The maximum absolute atomic E-state index is 13.7. The van der Waals surface area contributed by atoms with Crippen molar-refractivity contribution in [3.8, 4) is 0 Å². The van der Waals surface area contributed by atoms with Crippen LogP contribution in [-0.2, 0) is 18.4 Å². The maximum Gasteiger partial charge on any atom is 0.330 e. The Hall–Kier alpha value is -3.67. The first-order valence-corrected chi connectivity index (χ1v) is 11.5. The van der Waals surface area contributed by atoms with Crippen molar-refractivity contribution in [2.75, 3.05) is 13.1 Å². The van der Waals surface area contributed by atoms with E-state index in [1.165, 1.54) is 0 Å². The van der Waals surface area contributed by atoms with Crippen LogP contribution in [0.25, 0.3) is 11.2 Å². The van der Waals surface area contributed by atoms with Gasteiger partial charge in [-0.05, 0) is 42.0 Å². The molecule has 0 saturated carbocycles. The Labute approximate surface area is 193 Å². The number of pyridine rings is 1. The van der Waals surface area contributed by atoms with Crippen molar-refractivity contribution in [1.29, 1.82) is 0 Å². The third kappa shape index (κ3) is 4.09. The number of hydrogen-bond acceptors (Lipinski definition) is 3. The molecule has 1 fully saturated rings. The van der Waals surface area contributed by atoms with Gasteiger partial charge in [0.05, 0.1) is 11.4 Å². The summed E-state index contributed by atoms with van der Waals surface area (Å²) in [7, 11) is 1.79. The van der Waals surface area contributed by atoms with Gasteiger partial charge >= 0.3 is 5.69 Å². The predicted octanol–water partition coefficient (Wildman–Crippen LogP) is 3.81. The molecule has 5 rings (SSSR count). The SMILES string of the molecule is Cn1c(=O)n(CC2CCN(C(=O)C(c3ccccc3)c3ccccc3)CC2)c2ncccc21. The van der Waals surface area contributed by atoms with Crippen molar-refractivity contribution >= 4 is 17.1 Å². The van der Waals surface area contributed by atoms with Crippen molar-refractivity contribution in [3.05, 3.63) is 101 Å². The molecule has 6 heteroatoms. The Balaban J connectivity index is 1.32. The fourth-order valence-corrected chi connectivity index (χ4v) is 4.94. The lowest BCUT2D eigenvalue weighted by molar-refractivity contribution is -0.133. The molecule has 4 aromatic rings. The number of carbonyl (C=O) groups excluding carboxylic acids is 1. The minimum atomic E-state index is -0.297. The first-order valence-electron chi connectivity index (χ1n) is 11.5. The van der Waals surface area contributed by atoms with Crippen LogP contribution in [0.4, 0.5) is 0 Å². The quantitative estimate of drug-likeness (QED) is 0.474. The lowest BCUT2D eigenvalue weighted by Crippen LogP contribution is -2.42. The van der Waals surface area contributed by atoms with E-state index in [2.05, 4.69) is 4.98 Å². The fourth-order valence-electron chi connectivity index (χ4n) is 4.94. The lowest BCUT2D eigenvalue weighted by atomic mass is 9.88. The van der Waals surface area contributed by atoms with Gasteiger partial charge in [-0.15, -0.1) is 0 Å². The molecule has 1 saturated heterocycles. The smallest absolute Gasteiger partial charge is 0.330 e. The summed E-state index contributed by atoms with van der Waals surface area (Å²) in [4.78, 5) is 32.8. The van der Waals surface area contributed by atoms with Gasteiger partial charge in [0, 0.05) is 32.9 Å². The topological polar surface area (TPSA) is 60.1 Å². The second-order valence-corrected chi connectivity index (χ2v) is 8.82. The summed E-state index contributed by atoms with van der Waals surface area (Å²) in [5.41, 5.74) is 3.59. The molecule has 0 aliphatic carbocycles. The van der Waals surface area contributed by atoms with Crippen LogP contribution in [0.5, 0.6) is 0 Å². The molecule has 0 bridgehead atoms. The van der Waals surface area contributed by atoms with Crippen LogP contribution >= 0.6 is 0 Å². The highest BCUT2D eigenvalue weighted by atomic mass is 16.2. The van der Waals surface area contributed by atoms with E-state index < -0.39 is 0 Å². The highest BCUT2D eigenvalue weighted by Crippen LogP contribution is 2.29. The van der Waals surface area contributed by atoms with Gasteiger partial charge in [-0.1, -0.05) is 60.7 Å². The van der Waals surface area contributed by atoms with Crippen LogP contribution in [0.1, 0.15) is 29.9 Å². The molecule has 1 aliphatic heterocycles. The van der Waals surface area contributed by atoms with Gasteiger partial charge in [-0.2, -0.15) is 0 Å². The molecule has 0 unspecified atom stereocenters. The molecule has 6 nitrogen and oxygen atoms in total. The van der Waals surface area contributed by atoms with Crippen molar-refractivity contribution < 1.29 is 4.79 Å².